The van der Waals surface area contributed by atoms with E-state index in [0.29, 0.717) is 46.9 Å². The van der Waals surface area contributed by atoms with Gasteiger partial charge >= 0.3 is 0 Å². The lowest BCUT2D eigenvalue weighted by atomic mass is 9.72. The molecule has 0 saturated carbocycles. The van der Waals surface area contributed by atoms with Crippen molar-refractivity contribution in [3.8, 4) is 5.75 Å². The van der Waals surface area contributed by atoms with Crippen LogP contribution in [0.2, 0.25) is 15.1 Å². The van der Waals surface area contributed by atoms with Crippen molar-refractivity contribution in [1.29, 1.82) is 0 Å². The van der Waals surface area contributed by atoms with Gasteiger partial charge in [0.15, 0.2) is 0 Å². The molecule has 0 unspecified atom stereocenters. The van der Waals surface area contributed by atoms with Crippen molar-refractivity contribution < 1.29 is 13.2 Å². The van der Waals surface area contributed by atoms with Crippen LogP contribution in [-0.2, 0) is 21.1 Å². The van der Waals surface area contributed by atoms with Crippen LogP contribution in [0.3, 0.4) is 0 Å². The fourth-order valence-electron chi connectivity index (χ4n) is 5.37. The molecule has 1 N–H and O–H groups in total. The summed E-state index contributed by atoms with van der Waals surface area (Å²) in [5.41, 5.74) is 0.871. The number of nitrogens with zero attached hydrogens (tertiary/aromatic N) is 2. The predicted molar refractivity (Wildman–Crippen MR) is 158 cm³/mol. The van der Waals surface area contributed by atoms with Crippen LogP contribution in [-0.4, -0.2) is 38.3 Å². The van der Waals surface area contributed by atoms with Crippen molar-refractivity contribution in [2.75, 3.05) is 19.7 Å². The maximum atomic E-state index is 13.6. The largest absolute Gasteiger partial charge is 0.493 e. The Morgan fingerprint density at radius 2 is 1.49 bits per heavy atom. The number of sulfonamides is 1. The molecule has 5 rings (SSSR count). The van der Waals surface area contributed by atoms with Crippen molar-refractivity contribution in [3.05, 3.63) is 92.4 Å². The molecule has 1 fully saturated rings. The smallest absolute Gasteiger partial charge is 0.244 e. The van der Waals surface area contributed by atoms with Crippen LogP contribution < -0.4 is 10.1 Å². The minimum Gasteiger partial charge on any atom is -0.493 e. The Kier molecular flexibility index (Phi) is 7.68. The van der Waals surface area contributed by atoms with Crippen LogP contribution in [0.25, 0.3) is 0 Å². The van der Waals surface area contributed by atoms with E-state index in [1.165, 1.54) is 4.31 Å². The van der Waals surface area contributed by atoms with Crippen LogP contribution >= 0.6 is 34.8 Å². The van der Waals surface area contributed by atoms with Crippen molar-refractivity contribution in [2.45, 2.75) is 49.6 Å². The number of halogens is 3. The maximum Gasteiger partial charge on any atom is 0.244 e. The molecule has 10 heteroatoms. The van der Waals surface area contributed by atoms with Gasteiger partial charge in [0.1, 0.15) is 22.0 Å². The number of amidine groups is 1. The minimum atomic E-state index is -3.79. The molecule has 0 amide bonds. The molecule has 0 radical (unpaired) electrons. The highest BCUT2D eigenvalue weighted by molar-refractivity contribution is 7.89. The number of rotatable bonds is 7. The van der Waals surface area contributed by atoms with Gasteiger partial charge in [-0.3, -0.25) is 4.99 Å². The van der Waals surface area contributed by atoms with E-state index >= 15 is 0 Å². The third kappa shape index (κ3) is 4.93. The van der Waals surface area contributed by atoms with E-state index in [0.717, 1.165) is 24.0 Å². The zero-order valence-corrected chi connectivity index (χ0v) is 25.1. The molecule has 3 aromatic rings. The Balaban J connectivity index is 1.70. The number of ether oxygens (including phenoxy) is 1. The summed E-state index contributed by atoms with van der Waals surface area (Å²) in [7, 11) is -3.79. The first-order valence-electron chi connectivity index (χ1n) is 12.9. The average Bonchev–Trinajstić information content (AvgIpc) is 3.53. The van der Waals surface area contributed by atoms with E-state index < -0.39 is 21.1 Å². The summed E-state index contributed by atoms with van der Waals surface area (Å²) in [5.74, 6) is 0.954. The zero-order valence-electron chi connectivity index (χ0n) is 22.0. The molecule has 206 valence electrons. The van der Waals surface area contributed by atoms with Gasteiger partial charge in [-0.25, -0.2) is 8.42 Å². The highest BCUT2D eigenvalue weighted by atomic mass is 35.5. The number of hydrogen-bond acceptors (Lipinski definition) is 5. The summed E-state index contributed by atoms with van der Waals surface area (Å²) < 4.78 is 34.6. The Morgan fingerprint density at radius 1 is 0.923 bits per heavy atom. The first-order chi connectivity index (χ1) is 18.5. The third-order valence-corrected chi connectivity index (χ3v) is 10.6. The standard InChI is InChI=1S/C29H30Cl3N3O3S/c1-4-38-25-18-24(32)26(39(36,37)35-15-5-6-16-35)17-23(25)27-33-28(2,19-7-11-21(30)12-8-19)29(3,34-27)20-9-13-22(31)14-10-20/h7-14,17-18H,4-6,15-16H2,1-3H3,(H,33,34)/t28-,29+. The summed E-state index contributed by atoms with van der Waals surface area (Å²) in [6, 6.07) is 18.4. The second kappa shape index (κ2) is 10.6. The molecule has 39 heavy (non-hydrogen) atoms. The molecule has 2 atom stereocenters. The maximum absolute atomic E-state index is 13.6. The molecular formula is C29H30Cl3N3O3S. The van der Waals surface area contributed by atoms with E-state index in [4.69, 9.17) is 44.5 Å². The van der Waals surface area contributed by atoms with E-state index in [-0.39, 0.29) is 9.92 Å². The number of aliphatic imine (C=N–C) groups is 1. The van der Waals surface area contributed by atoms with E-state index in [1.807, 2.05) is 62.4 Å². The Hall–Kier alpha value is -2.29. The monoisotopic (exact) mass is 605 g/mol. The normalized spacial score (nSPS) is 23.5. The molecule has 1 saturated heterocycles. The van der Waals surface area contributed by atoms with Crippen LogP contribution in [0.5, 0.6) is 5.75 Å². The summed E-state index contributed by atoms with van der Waals surface area (Å²) in [6.45, 7) is 7.31. The number of hydrogen-bond donors (Lipinski definition) is 1. The first kappa shape index (κ1) is 28.2. The lowest BCUT2D eigenvalue weighted by molar-refractivity contribution is 0.268. The Morgan fingerprint density at radius 3 is 2.05 bits per heavy atom. The van der Waals surface area contributed by atoms with Gasteiger partial charge in [0.05, 0.1) is 22.7 Å². The van der Waals surface area contributed by atoms with Crippen LogP contribution in [0.15, 0.2) is 70.6 Å². The molecule has 2 aliphatic rings. The fraction of sp³-hybridized carbons (Fsp3) is 0.345. The highest BCUT2D eigenvalue weighted by Gasteiger charge is 2.52. The fourth-order valence-corrected chi connectivity index (χ4v) is 7.66. The second-order valence-electron chi connectivity index (χ2n) is 10.1. The highest BCUT2D eigenvalue weighted by Crippen LogP contribution is 2.48. The molecule has 0 bridgehead atoms. The SMILES string of the molecule is CCOc1cc(Cl)c(S(=O)(=O)N2CCCC2)cc1C1=N[C@](C)(c2ccc(Cl)cc2)[C@](C)(c2ccc(Cl)cc2)N1. The summed E-state index contributed by atoms with van der Waals surface area (Å²) >= 11 is 19.0. The van der Waals surface area contributed by atoms with Crippen LogP contribution in [0, 0.1) is 0 Å². The summed E-state index contributed by atoms with van der Waals surface area (Å²) in [5, 5.41) is 5.00. The first-order valence-corrected chi connectivity index (χ1v) is 15.4. The quantitative estimate of drug-likeness (QED) is 0.314. The van der Waals surface area contributed by atoms with Crippen molar-refractivity contribution in [1.82, 2.24) is 9.62 Å². The van der Waals surface area contributed by atoms with Crippen LogP contribution in [0.1, 0.15) is 50.3 Å². The average molecular weight is 607 g/mol. The number of nitrogens with one attached hydrogen (secondary N) is 1. The van der Waals surface area contributed by atoms with Gasteiger partial charge in [0.2, 0.25) is 10.0 Å². The summed E-state index contributed by atoms with van der Waals surface area (Å²) in [6.07, 6.45) is 1.65. The zero-order chi connectivity index (χ0) is 28.0. The van der Waals surface area contributed by atoms with Crippen molar-refractivity contribution in [3.63, 3.8) is 0 Å². The lowest BCUT2D eigenvalue weighted by Gasteiger charge is -2.40. The molecule has 0 spiro atoms. The molecule has 0 aliphatic carbocycles. The van der Waals surface area contributed by atoms with E-state index in [1.54, 1.807) is 12.1 Å². The molecule has 0 aromatic heterocycles. The summed E-state index contributed by atoms with van der Waals surface area (Å²) in [4.78, 5) is 5.28. The predicted octanol–water partition coefficient (Wildman–Crippen LogP) is 7.01. The molecule has 3 aromatic carbocycles. The molecule has 2 aliphatic heterocycles. The van der Waals surface area contributed by atoms with Gasteiger partial charge in [0.25, 0.3) is 0 Å². The molecular weight excluding hydrogens is 577 g/mol. The van der Waals surface area contributed by atoms with Crippen molar-refractivity contribution >= 4 is 50.7 Å². The topological polar surface area (TPSA) is 71.0 Å². The van der Waals surface area contributed by atoms with Gasteiger partial charge in [-0.1, -0.05) is 59.1 Å². The van der Waals surface area contributed by atoms with Gasteiger partial charge in [-0.15, -0.1) is 0 Å². The third-order valence-electron chi connectivity index (χ3n) is 7.78. The Labute approximate surface area is 245 Å². The number of benzene rings is 3. The lowest BCUT2D eigenvalue weighted by Crippen LogP contribution is -2.50. The second-order valence-corrected chi connectivity index (χ2v) is 13.3. The molecule has 2 heterocycles. The van der Waals surface area contributed by atoms with Gasteiger partial charge in [-0.2, -0.15) is 4.31 Å². The van der Waals surface area contributed by atoms with E-state index in [9.17, 15) is 8.42 Å². The molecule has 6 nitrogen and oxygen atoms in total. The van der Waals surface area contributed by atoms with Gasteiger partial charge in [-0.05, 0) is 75.1 Å². The van der Waals surface area contributed by atoms with Crippen molar-refractivity contribution in [2.24, 2.45) is 4.99 Å². The van der Waals surface area contributed by atoms with Crippen LogP contribution in [0.4, 0.5) is 0 Å². The van der Waals surface area contributed by atoms with Gasteiger partial charge in [0, 0.05) is 29.2 Å². The van der Waals surface area contributed by atoms with E-state index in [2.05, 4.69) is 12.2 Å². The Bertz CT molecular complexity index is 1520. The minimum absolute atomic E-state index is 0.0438. The van der Waals surface area contributed by atoms with Gasteiger partial charge < -0.3 is 10.1 Å².